The van der Waals surface area contributed by atoms with Gasteiger partial charge in [0.25, 0.3) is 0 Å². The van der Waals surface area contributed by atoms with Crippen molar-refractivity contribution >= 4 is 17.4 Å². The van der Waals surface area contributed by atoms with Gasteiger partial charge >= 0.3 is 0 Å². The zero-order valence-corrected chi connectivity index (χ0v) is 23.8. The molecule has 3 heteroatoms. The summed E-state index contributed by atoms with van der Waals surface area (Å²) < 4.78 is 0. The summed E-state index contributed by atoms with van der Waals surface area (Å²) in [4.78, 5) is 9.90. The molecule has 3 nitrogen and oxygen atoms in total. The Morgan fingerprint density at radius 3 is 1.26 bits per heavy atom. The second kappa shape index (κ2) is 12.8. The van der Waals surface area contributed by atoms with Crippen molar-refractivity contribution in [2.24, 2.45) is 15.7 Å². The molecule has 0 unspecified atom stereocenters. The van der Waals surface area contributed by atoms with Gasteiger partial charge in [-0.1, -0.05) is 152 Å². The third-order valence-electron chi connectivity index (χ3n) is 7.26. The van der Waals surface area contributed by atoms with Crippen LogP contribution in [-0.2, 0) is 0 Å². The number of hydrogen-bond acceptors (Lipinski definition) is 1. The summed E-state index contributed by atoms with van der Waals surface area (Å²) in [5, 5.41) is 0. The molecule has 0 bridgehead atoms. The molecule has 0 amide bonds. The normalized spacial score (nSPS) is 11.7. The zero-order chi connectivity index (χ0) is 29.4. The number of aliphatic imine (C=N–C) groups is 2. The van der Waals surface area contributed by atoms with Gasteiger partial charge < -0.3 is 5.73 Å². The highest BCUT2D eigenvalue weighted by Gasteiger charge is 2.11. The molecule has 6 aromatic carbocycles. The summed E-state index contributed by atoms with van der Waals surface area (Å²) in [7, 11) is 0. The second-order valence-electron chi connectivity index (χ2n) is 10.2. The van der Waals surface area contributed by atoms with Crippen molar-refractivity contribution in [1.29, 1.82) is 0 Å². The number of rotatable bonds is 7. The highest BCUT2D eigenvalue weighted by atomic mass is 15.0. The van der Waals surface area contributed by atoms with Crippen LogP contribution >= 0.6 is 0 Å². The molecular weight excluding hydrogens is 522 g/mol. The van der Waals surface area contributed by atoms with Crippen molar-refractivity contribution in [3.05, 3.63) is 187 Å². The third kappa shape index (κ3) is 6.58. The maximum absolute atomic E-state index is 6.68. The van der Waals surface area contributed by atoms with E-state index in [0.29, 0.717) is 17.4 Å². The summed E-state index contributed by atoms with van der Waals surface area (Å²) in [6.07, 6.45) is 0. The molecule has 0 saturated heterocycles. The van der Waals surface area contributed by atoms with Gasteiger partial charge in [0.1, 0.15) is 5.84 Å². The predicted octanol–water partition coefficient (Wildman–Crippen LogP) is 9.51. The van der Waals surface area contributed by atoms with Crippen molar-refractivity contribution in [2.75, 3.05) is 0 Å². The van der Waals surface area contributed by atoms with E-state index in [-0.39, 0.29) is 0 Å². The number of nitrogens with zero attached hydrogens (tertiary/aromatic N) is 2. The Bertz CT molecular complexity index is 1920. The van der Waals surface area contributed by atoms with Gasteiger partial charge in [-0.15, -0.1) is 0 Å². The monoisotopic (exact) mass is 553 g/mol. The first kappa shape index (κ1) is 27.4. The Morgan fingerprint density at radius 2 is 0.767 bits per heavy atom. The van der Waals surface area contributed by atoms with Gasteiger partial charge in [0.2, 0.25) is 0 Å². The van der Waals surface area contributed by atoms with E-state index >= 15 is 0 Å². The Labute approximate surface area is 253 Å². The molecule has 2 N–H and O–H groups in total. The first-order chi connectivity index (χ1) is 21.1. The van der Waals surface area contributed by atoms with Gasteiger partial charge in [0.05, 0.1) is 5.70 Å². The van der Waals surface area contributed by atoms with Gasteiger partial charge in [-0.3, -0.25) is 0 Å². The molecule has 0 fully saturated rings. The molecule has 0 aromatic heterocycles. The average molecular weight is 554 g/mol. The summed E-state index contributed by atoms with van der Waals surface area (Å²) in [6, 6.07) is 55.4. The molecule has 43 heavy (non-hydrogen) atoms. The minimum absolute atomic E-state index is 0.382. The minimum Gasteiger partial charge on any atom is -0.383 e. The minimum atomic E-state index is 0.382. The quantitative estimate of drug-likeness (QED) is 0.155. The number of benzene rings is 6. The molecule has 0 heterocycles. The lowest BCUT2D eigenvalue weighted by atomic mass is 10.0. The van der Waals surface area contributed by atoms with E-state index in [9.17, 15) is 0 Å². The molecule has 0 aliphatic heterocycles. The summed E-state index contributed by atoms with van der Waals surface area (Å²) >= 11 is 0. The van der Waals surface area contributed by atoms with Crippen LogP contribution in [0.5, 0.6) is 0 Å². The van der Waals surface area contributed by atoms with Crippen LogP contribution in [0, 0.1) is 0 Å². The second-order valence-corrected chi connectivity index (χ2v) is 10.2. The summed E-state index contributed by atoms with van der Waals surface area (Å²) in [6.45, 7) is 4.34. The Balaban J connectivity index is 1.42. The number of amidine groups is 2. The van der Waals surface area contributed by atoms with Gasteiger partial charge in [-0.25, -0.2) is 9.98 Å². The maximum atomic E-state index is 6.68. The fourth-order valence-electron chi connectivity index (χ4n) is 4.99. The molecule has 0 aliphatic rings. The van der Waals surface area contributed by atoms with E-state index in [4.69, 9.17) is 15.7 Å². The Kier molecular flexibility index (Phi) is 8.15. The summed E-state index contributed by atoms with van der Waals surface area (Å²) in [5.74, 6) is 0.878. The van der Waals surface area contributed by atoms with Gasteiger partial charge in [-0.2, -0.15) is 0 Å². The SMILES string of the molecule is C=C(N=C(N=C(N)c1cccc(-c2ccccc2)c1)c1cccc(-c2ccccc2)c1)c1cccc(-c2ccccc2)c1. The van der Waals surface area contributed by atoms with E-state index < -0.39 is 0 Å². The van der Waals surface area contributed by atoms with Crippen LogP contribution in [0.25, 0.3) is 39.1 Å². The highest BCUT2D eigenvalue weighted by molar-refractivity contribution is 6.12. The van der Waals surface area contributed by atoms with Crippen LogP contribution in [0.2, 0.25) is 0 Å². The van der Waals surface area contributed by atoms with Crippen molar-refractivity contribution < 1.29 is 0 Å². The fraction of sp³-hybridized carbons (Fsp3) is 0. The lowest BCUT2D eigenvalue weighted by Gasteiger charge is -2.10. The molecule has 0 aliphatic carbocycles. The van der Waals surface area contributed by atoms with Crippen molar-refractivity contribution in [3.63, 3.8) is 0 Å². The number of nitrogens with two attached hydrogens (primary N) is 1. The van der Waals surface area contributed by atoms with E-state index in [0.717, 1.165) is 50.1 Å². The van der Waals surface area contributed by atoms with Crippen molar-refractivity contribution in [3.8, 4) is 33.4 Å². The largest absolute Gasteiger partial charge is 0.383 e. The van der Waals surface area contributed by atoms with Crippen molar-refractivity contribution in [1.82, 2.24) is 0 Å². The first-order valence-corrected chi connectivity index (χ1v) is 14.2. The molecule has 6 aromatic rings. The lowest BCUT2D eigenvalue weighted by Crippen LogP contribution is -2.16. The Morgan fingerprint density at radius 1 is 0.395 bits per heavy atom. The lowest BCUT2D eigenvalue weighted by molar-refractivity contribution is 1.43. The van der Waals surface area contributed by atoms with Crippen LogP contribution in [0.15, 0.2) is 180 Å². The van der Waals surface area contributed by atoms with Crippen LogP contribution in [-0.4, -0.2) is 11.7 Å². The fourth-order valence-corrected chi connectivity index (χ4v) is 4.99. The van der Waals surface area contributed by atoms with Gasteiger partial charge in [0, 0.05) is 16.7 Å². The van der Waals surface area contributed by atoms with Crippen LogP contribution in [0.4, 0.5) is 0 Å². The smallest absolute Gasteiger partial charge is 0.162 e. The molecule has 0 saturated carbocycles. The molecule has 0 radical (unpaired) electrons. The molecule has 206 valence electrons. The van der Waals surface area contributed by atoms with Gasteiger partial charge in [0.15, 0.2) is 5.84 Å². The third-order valence-corrected chi connectivity index (χ3v) is 7.26. The van der Waals surface area contributed by atoms with Gasteiger partial charge in [-0.05, 0) is 51.6 Å². The van der Waals surface area contributed by atoms with Crippen LogP contribution in [0.1, 0.15) is 16.7 Å². The number of hydrogen-bond donors (Lipinski definition) is 1. The van der Waals surface area contributed by atoms with Crippen molar-refractivity contribution in [2.45, 2.75) is 0 Å². The zero-order valence-electron chi connectivity index (χ0n) is 23.8. The molecular formula is C40H31N3. The van der Waals surface area contributed by atoms with Crippen LogP contribution < -0.4 is 5.73 Å². The highest BCUT2D eigenvalue weighted by Crippen LogP contribution is 2.26. The van der Waals surface area contributed by atoms with E-state index in [1.165, 1.54) is 0 Å². The molecule has 0 spiro atoms. The molecule has 6 rings (SSSR count). The summed E-state index contributed by atoms with van der Waals surface area (Å²) in [5.41, 5.74) is 16.5. The van der Waals surface area contributed by atoms with E-state index in [1.54, 1.807) is 0 Å². The topological polar surface area (TPSA) is 50.7 Å². The standard InChI is InChI=1S/C40H31N3/c1-29(33-20-11-21-34(26-33)30-14-5-2-6-15-30)42-40(38-25-13-23-36(28-38)32-18-9-4-10-19-32)43-39(41)37-24-12-22-35(27-37)31-16-7-3-8-17-31/h2-28H,1H2,(H2,41,42,43). The van der Waals surface area contributed by atoms with E-state index in [2.05, 4.69) is 79.4 Å². The molecule has 0 atom stereocenters. The Hall–Kier alpha value is -5.80. The van der Waals surface area contributed by atoms with Crippen LogP contribution in [0.3, 0.4) is 0 Å². The maximum Gasteiger partial charge on any atom is 0.162 e. The predicted molar refractivity (Wildman–Crippen MR) is 182 cm³/mol. The van der Waals surface area contributed by atoms with E-state index in [1.807, 2.05) is 91.0 Å². The first-order valence-electron chi connectivity index (χ1n) is 14.2. The average Bonchev–Trinajstić information content (AvgIpc) is 3.09.